The summed E-state index contributed by atoms with van der Waals surface area (Å²) in [6.07, 6.45) is 0. The summed E-state index contributed by atoms with van der Waals surface area (Å²) in [6.45, 7) is 9.43. The first kappa shape index (κ1) is 29.7. The number of carbonyl (C=O) groups is 4. The van der Waals surface area contributed by atoms with Crippen LogP contribution in [0.4, 0.5) is 15.5 Å². The van der Waals surface area contributed by atoms with Crippen molar-refractivity contribution in [3.63, 3.8) is 0 Å². The van der Waals surface area contributed by atoms with Gasteiger partial charge in [0, 0.05) is 18.0 Å². The van der Waals surface area contributed by atoms with Crippen LogP contribution in [0.25, 0.3) is 0 Å². The zero-order valence-corrected chi connectivity index (χ0v) is 24.4. The number of hydrogen-bond donors (Lipinski definition) is 3. The highest BCUT2D eigenvalue weighted by Crippen LogP contribution is 2.38. The lowest BCUT2D eigenvalue weighted by molar-refractivity contribution is -0.151. The Morgan fingerprint density at radius 1 is 1.13 bits per heavy atom. The summed E-state index contributed by atoms with van der Waals surface area (Å²) in [5.41, 5.74) is 1.24. The third-order valence-corrected chi connectivity index (χ3v) is 8.30. The average Bonchev–Trinajstić information content (AvgIpc) is 3.24. The number of anilines is 2. The largest absolute Gasteiger partial charge is 0.330 e. The summed E-state index contributed by atoms with van der Waals surface area (Å²) in [7, 11) is 1.31. The molecule has 1 fully saturated rings. The molecule has 3 N–H and O–H groups in total. The van der Waals surface area contributed by atoms with Gasteiger partial charge in [-0.05, 0) is 37.5 Å². The number of halogens is 2. The molecular formula is C25H31Cl2N5O5S. The fourth-order valence-corrected chi connectivity index (χ4v) is 5.40. The molecule has 0 atom stereocenters. The Morgan fingerprint density at radius 2 is 1.82 bits per heavy atom. The van der Waals surface area contributed by atoms with Crippen LogP contribution in [-0.2, 0) is 19.8 Å². The molecule has 1 aromatic carbocycles. The molecule has 1 aliphatic heterocycles. The summed E-state index contributed by atoms with van der Waals surface area (Å²) in [5, 5.41) is 6.24. The van der Waals surface area contributed by atoms with Gasteiger partial charge >= 0.3 is 6.03 Å². The minimum absolute atomic E-state index is 0.165. The fraction of sp³-hybridized carbons (Fsp3) is 0.440. The van der Waals surface area contributed by atoms with Gasteiger partial charge in [0.15, 0.2) is 0 Å². The molecule has 0 bridgehead atoms. The normalized spacial score (nSPS) is 15.3. The van der Waals surface area contributed by atoms with E-state index >= 15 is 0 Å². The Hall–Kier alpha value is -2.86. The number of hydroxylamine groups is 1. The molecule has 0 radical (unpaired) electrons. The van der Waals surface area contributed by atoms with E-state index in [9.17, 15) is 19.2 Å². The first-order chi connectivity index (χ1) is 17.7. The van der Waals surface area contributed by atoms with Crippen LogP contribution in [0, 0.1) is 0 Å². The average molecular weight is 585 g/mol. The van der Waals surface area contributed by atoms with Crippen LogP contribution in [0.5, 0.6) is 0 Å². The van der Waals surface area contributed by atoms with Gasteiger partial charge in [0.2, 0.25) is 5.91 Å². The number of thiophene rings is 1. The lowest BCUT2D eigenvalue weighted by Gasteiger charge is -2.45. The van der Waals surface area contributed by atoms with Gasteiger partial charge < -0.3 is 15.1 Å². The quantitative estimate of drug-likeness (QED) is 0.424. The van der Waals surface area contributed by atoms with Gasteiger partial charge in [-0.25, -0.2) is 10.3 Å². The predicted molar refractivity (Wildman–Crippen MR) is 149 cm³/mol. The highest BCUT2D eigenvalue weighted by Gasteiger charge is 2.45. The van der Waals surface area contributed by atoms with Crippen LogP contribution >= 0.6 is 34.5 Å². The molecular weight excluding hydrogens is 553 g/mol. The van der Waals surface area contributed by atoms with Crippen molar-refractivity contribution in [2.75, 3.05) is 37.4 Å². The van der Waals surface area contributed by atoms with Crippen molar-refractivity contribution in [2.45, 2.75) is 45.6 Å². The van der Waals surface area contributed by atoms with Crippen molar-refractivity contribution in [3.8, 4) is 0 Å². The number of benzene rings is 1. The van der Waals surface area contributed by atoms with E-state index < -0.39 is 23.4 Å². The number of urea groups is 1. The monoisotopic (exact) mass is 583 g/mol. The highest BCUT2D eigenvalue weighted by atomic mass is 35.5. The molecule has 13 heteroatoms. The highest BCUT2D eigenvalue weighted by molar-refractivity contribution is 7.16. The molecule has 0 aliphatic carbocycles. The first-order valence-electron chi connectivity index (χ1n) is 11.8. The summed E-state index contributed by atoms with van der Waals surface area (Å²) in [5.74, 6) is -1.26. The Kier molecular flexibility index (Phi) is 8.97. The second-order valence-corrected chi connectivity index (χ2v) is 12.1. The van der Waals surface area contributed by atoms with Crippen molar-refractivity contribution < 1.29 is 24.0 Å². The van der Waals surface area contributed by atoms with Gasteiger partial charge in [-0.3, -0.25) is 24.5 Å². The maximum atomic E-state index is 13.8. The number of piperazine rings is 1. The van der Waals surface area contributed by atoms with Crippen molar-refractivity contribution in [3.05, 3.63) is 44.8 Å². The molecule has 0 spiro atoms. The standard InChI is InChI=1S/C25H31Cl2N5O5S/c1-24(2,3)17-12-14(20(38-17)29-23(36)28-16-9-7-8-15(26)19(16)27)21(34)32-11-10-31(13-18(33)30-37-6)22(35)25(32,4)5/h7-9,12H,10-11,13H2,1-6H3,(H,30,33)(H2,28,29,36). The second-order valence-electron chi connectivity index (χ2n) is 10.3. The third kappa shape index (κ3) is 6.40. The van der Waals surface area contributed by atoms with E-state index in [1.165, 1.54) is 28.2 Å². The molecule has 1 aromatic heterocycles. The zero-order valence-electron chi connectivity index (χ0n) is 22.0. The molecule has 206 valence electrons. The Labute approximate surface area is 235 Å². The van der Waals surface area contributed by atoms with Crippen LogP contribution in [0.1, 0.15) is 49.9 Å². The van der Waals surface area contributed by atoms with Crippen LogP contribution in [-0.4, -0.2) is 65.8 Å². The summed E-state index contributed by atoms with van der Waals surface area (Å²) >= 11 is 13.5. The van der Waals surface area contributed by atoms with E-state index in [0.717, 1.165) is 4.88 Å². The van der Waals surface area contributed by atoms with Crippen LogP contribution in [0.2, 0.25) is 10.0 Å². The third-order valence-electron chi connectivity index (χ3n) is 6.00. The van der Waals surface area contributed by atoms with E-state index in [2.05, 4.69) is 21.0 Å². The molecule has 0 unspecified atom stereocenters. The second kappa shape index (κ2) is 11.5. The van der Waals surface area contributed by atoms with E-state index in [4.69, 9.17) is 23.2 Å². The molecule has 0 saturated carbocycles. The summed E-state index contributed by atoms with van der Waals surface area (Å²) in [6, 6.07) is 6.00. The Morgan fingerprint density at radius 3 is 2.45 bits per heavy atom. The molecule has 10 nitrogen and oxygen atoms in total. The van der Waals surface area contributed by atoms with Crippen molar-refractivity contribution >= 4 is 69.0 Å². The predicted octanol–water partition coefficient (Wildman–Crippen LogP) is 4.74. The minimum atomic E-state index is -1.24. The fourth-order valence-electron chi connectivity index (χ4n) is 3.94. The van der Waals surface area contributed by atoms with Crippen LogP contribution in [0.15, 0.2) is 24.3 Å². The number of nitrogens with zero attached hydrogens (tertiary/aromatic N) is 2. The number of carbonyl (C=O) groups excluding carboxylic acids is 4. The van der Waals surface area contributed by atoms with E-state index in [-0.39, 0.29) is 46.6 Å². The van der Waals surface area contributed by atoms with Crippen molar-refractivity contribution in [1.29, 1.82) is 0 Å². The van der Waals surface area contributed by atoms with Crippen LogP contribution in [0.3, 0.4) is 0 Å². The van der Waals surface area contributed by atoms with Gasteiger partial charge in [-0.1, -0.05) is 50.0 Å². The molecule has 38 heavy (non-hydrogen) atoms. The van der Waals surface area contributed by atoms with E-state index in [0.29, 0.717) is 10.7 Å². The summed E-state index contributed by atoms with van der Waals surface area (Å²) < 4.78 is 0. The van der Waals surface area contributed by atoms with Gasteiger partial charge in [0.25, 0.3) is 11.8 Å². The molecule has 3 rings (SSSR count). The van der Waals surface area contributed by atoms with Gasteiger partial charge in [0.05, 0.1) is 28.4 Å². The maximum absolute atomic E-state index is 13.8. The number of amides is 5. The minimum Gasteiger partial charge on any atom is -0.330 e. The Bertz CT molecular complexity index is 1260. The molecule has 1 saturated heterocycles. The molecule has 2 aromatic rings. The molecule has 1 aliphatic rings. The summed E-state index contributed by atoms with van der Waals surface area (Å²) in [4.78, 5) is 60.2. The van der Waals surface area contributed by atoms with E-state index in [1.54, 1.807) is 38.1 Å². The van der Waals surface area contributed by atoms with Crippen LogP contribution < -0.4 is 16.1 Å². The van der Waals surface area contributed by atoms with Gasteiger partial charge in [-0.15, -0.1) is 11.3 Å². The number of nitrogens with one attached hydrogen (secondary N) is 3. The molecule has 5 amide bonds. The maximum Gasteiger partial charge on any atom is 0.324 e. The lowest BCUT2D eigenvalue weighted by Crippen LogP contribution is -2.65. The first-order valence-corrected chi connectivity index (χ1v) is 13.3. The topological polar surface area (TPSA) is 120 Å². The lowest BCUT2D eigenvalue weighted by atomic mass is 9.93. The van der Waals surface area contributed by atoms with Crippen molar-refractivity contribution in [2.24, 2.45) is 0 Å². The molecule has 2 heterocycles. The van der Waals surface area contributed by atoms with Crippen molar-refractivity contribution in [1.82, 2.24) is 15.3 Å². The number of hydrogen-bond acceptors (Lipinski definition) is 6. The van der Waals surface area contributed by atoms with Gasteiger partial charge in [-0.2, -0.15) is 0 Å². The smallest absolute Gasteiger partial charge is 0.324 e. The SMILES string of the molecule is CONC(=O)CN1CCN(C(=O)c2cc(C(C)(C)C)sc2NC(=O)Nc2cccc(Cl)c2Cl)C(C)(C)C1=O. The number of rotatable bonds is 6. The van der Waals surface area contributed by atoms with Gasteiger partial charge in [0.1, 0.15) is 17.1 Å². The Balaban J connectivity index is 1.88. The zero-order chi connectivity index (χ0) is 28.4. The van der Waals surface area contributed by atoms with E-state index in [1.807, 2.05) is 20.8 Å².